The second-order valence-corrected chi connectivity index (χ2v) is 8.82. The summed E-state index contributed by atoms with van der Waals surface area (Å²) in [6.45, 7) is 2.08. The number of hydrogen-bond donors (Lipinski definition) is 1. The summed E-state index contributed by atoms with van der Waals surface area (Å²) >= 11 is 0. The maximum Gasteiger partial charge on any atom is 0.224 e. The lowest BCUT2D eigenvalue weighted by Gasteiger charge is -2.32. The van der Waals surface area contributed by atoms with Crippen LogP contribution in [0.15, 0.2) is 12.4 Å². The third-order valence-electron chi connectivity index (χ3n) is 6.64. The Kier molecular flexibility index (Phi) is 5.72. The van der Waals surface area contributed by atoms with Gasteiger partial charge in [-0.05, 0) is 82.2 Å². The predicted molar refractivity (Wildman–Crippen MR) is 111 cm³/mol. The molecule has 1 aliphatic heterocycles. The topological polar surface area (TPSA) is 58.2 Å². The van der Waals surface area contributed by atoms with Gasteiger partial charge in [0, 0.05) is 18.9 Å². The van der Waals surface area contributed by atoms with E-state index < -0.39 is 0 Å². The number of aromatic amines is 1. The molecule has 152 valence electrons. The molecule has 0 aromatic heterocycles. The van der Waals surface area contributed by atoms with Crippen LogP contribution in [0.25, 0.3) is 11.3 Å². The number of ether oxygens (including phenoxy) is 1. The van der Waals surface area contributed by atoms with Crippen LogP contribution in [0.3, 0.4) is 0 Å². The van der Waals surface area contributed by atoms with Gasteiger partial charge in [0.05, 0.1) is 17.6 Å². The van der Waals surface area contributed by atoms with E-state index in [-0.39, 0.29) is 6.10 Å². The Morgan fingerprint density at radius 3 is 2.75 bits per heavy atom. The van der Waals surface area contributed by atoms with E-state index in [0.717, 1.165) is 49.2 Å². The van der Waals surface area contributed by atoms with Gasteiger partial charge in [0.15, 0.2) is 0 Å². The number of aryl methyl sites for hydroxylation is 1. The summed E-state index contributed by atoms with van der Waals surface area (Å²) in [5.41, 5.74) is 4.92. The fourth-order valence-electron chi connectivity index (χ4n) is 5.13. The zero-order valence-electron chi connectivity index (χ0n) is 17.5. The summed E-state index contributed by atoms with van der Waals surface area (Å²) in [6.07, 6.45) is 10.9. The molecule has 0 unspecified atom stereocenters. The minimum atomic E-state index is 0.237. The number of nitrogens with zero attached hydrogens (tertiary/aromatic N) is 2. The van der Waals surface area contributed by atoms with Crippen molar-refractivity contribution in [3.8, 4) is 17.1 Å². The Morgan fingerprint density at radius 1 is 1.25 bits per heavy atom. The second-order valence-electron chi connectivity index (χ2n) is 8.82. The van der Waals surface area contributed by atoms with Crippen LogP contribution in [0.4, 0.5) is 0 Å². The van der Waals surface area contributed by atoms with E-state index in [1.807, 2.05) is 0 Å². The van der Waals surface area contributed by atoms with Crippen LogP contribution in [0.1, 0.15) is 75.3 Å². The molecule has 28 heavy (non-hydrogen) atoms. The SMILES string of the molecule is CCCC(=O)C[C@H]1CCc2cc3[nH]cnc(OC4CCC(N(C)C)CC4)c-3c21. The largest absolute Gasteiger partial charge is 0.474 e. The normalized spacial score (nSPS) is 24.6. The van der Waals surface area contributed by atoms with Crippen molar-refractivity contribution < 1.29 is 9.53 Å². The third kappa shape index (κ3) is 3.82. The number of carbonyl (C=O) groups is 1. The highest BCUT2D eigenvalue weighted by Crippen LogP contribution is 2.48. The van der Waals surface area contributed by atoms with Crippen molar-refractivity contribution in [2.45, 2.75) is 82.8 Å². The van der Waals surface area contributed by atoms with E-state index in [9.17, 15) is 4.79 Å². The van der Waals surface area contributed by atoms with Crippen LogP contribution in [0.2, 0.25) is 0 Å². The van der Waals surface area contributed by atoms with E-state index in [4.69, 9.17) is 4.74 Å². The monoisotopic (exact) mass is 383 g/mol. The van der Waals surface area contributed by atoms with Crippen LogP contribution >= 0.6 is 0 Å². The predicted octanol–water partition coefficient (Wildman–Crippen LogP) is 4.56. The molecule has 0 aromatic carbocycles. The zero-order chi connectivity index (χ0) is 19.7. The van der Waals surface area contributed by atoms with Crippen molar-refractivity contribution in [1.82, 2.24) is 14.9 Å². The first-order valence-corrected chi connectivity index (χ1v) is 10.9. The van der Waals surface area contributed by atoms with Crippen molar-refractivity contribution >= 4 is 5.78 Å². The number of aromatic nitrogens is 2. The van der Waals surface area contributed by atoms with E-state index in [1.165, 1.54) is 24.0 Å². The highest BCUT2D eigenvalue weighted by Gasteiger charge is 2.34. The number of H-pyrrole nitrogens is 1. The zero-order valence-corrected chi connectivity index (χ0v) is 17.5. The molecule has 1 N–H and O–H groups in total. The maximum atomic E-state index is 12.3. The number of Topliss-reactive ketones (excluding diaryl/α,β-unsaturated/α-hetero) is 1. The van der Waals surface area contributed by atoms with Gasteiger partial charge in [-0.2, -0.15) is 0 Å². The lowest BCUT2D eigenvalue weighted by Crippen LogP contribution is -2.35. The van der Waals surface area contributed by atoms with Crippen molar-refractivity contribution in [1.29, 1.82) is 0 Å². The summed E-state index contributed by atoms with van der Waals surface area (Å²) in [4.78, 5) is 22.5. The molecule has 0 amide bonds. The molecule has 0 radical (unpaired) electrons. The van der Waals surface area contributed by atoms with E-state index in [2.05, 4.69) is 42.0 Å². The lowest BCUT2D eigenvalue weighted by atomic mass is 9.91. The Bertz CT molecular complexity index is 789. The number of rotatable bonds is 7. The van der Waals surface area contributed by atoms with E-state index in [1.54, 1.807) is 6.33 Å². The minimum Gasteiger partial charge on any atom is -0.474 e. The Balaban J connectivity index is 1.55. The molecule has 0 spiro atoms. The van der Waals surface area contributed by atoms with Crippen LogP contribution in [0, 0.1) is 0 Å². The Hall–Kier alpha value is -1.88. The molecule has 0 aromatic rings. The molecule has 4 rings (SSSR count). The highest BCUT2D eigenvalue weighted by atomic mass is 16.5. The summed E-state index contributed by atoms with van der Waals surface area (Å²) in [5, 5.41) is 0. The van der Waals surface area contributed by atoms with Crippen LogP contribution in [-0.2, 0) is 11.2 Å². The Labute approximate surface area is 168 Å². The number of nitrogens with one attached hydrogen (secondary N) is 1. The van der Waals surface area contributed by atoms with Crippen LogP contribution in [0.5, 0.6) is 5.88 Å². The molecule has 0 saturated heterocycles. The first kappa shape index (κ1) is 19.4. The summed E-state index contributed by atoms with van der Waals surface area (Å²) < 4.78 is 6.45. The molecule has 1 fully saturated rings. The van der Waals surface area contributed by atoms with Gasteiger partial charge < -0.3 is 14.6 Å². The van der Waals surface area contributed by atoms with Crippen LogP contribution in [-0.4, -0.2) is 46.9 Å². The summed E-state index contributed by atoms with van der Waals surface area (Å²) in [5.74, 6) is 1.46. The quantitative estimate of drug-likeness (QED) is 0.762. The van der Waals surface area contributed by atoms with Gasteiger partial charge in [-0.1, -0.05) is 6.92 Å². The molecule has 1 saturated carbocycles. The van der Waals surface area contributed by atoms with Crippen LogP contribution < -0.4 is 4.74 Å². The first-order chi connectivity index (χ1) is 13.6. The highest BCUT2D eigenvalue weighted by molar-refractivity contribution is 5.82. The molecule has 4 aliphatic rings. The molecular weight excluding hydrogens is 350 g/mol. The number of hydrogen-bond acceptors (Lipinski definition) is 4. The van der Waals surface area contributed by atoms with Crippen molar-refractivity contribution in [2.75, 3.05) is 14.1 Å². The molecule has 0 bridgehead atoms. The van der Waals surface area contributed by atoms with Gasteiger partial charge in [0.1, 0.15) is 11.9 Å². The van der Waals surface area contributed by atoms with Crippen molar-refractivity contribution in [3.63, 3.8) is 0 Å². The maximum absolute atomic E-state index is 12.3. The number of fused-ring (bicyclic) bond motifs is 3. The molecule has 5 nitrogen and oxygen atoms in total. The lowest BCUT2D eigenvalue weighted by molar-refractivity contribution is -0.119. The van der Waals surface area contributed by atoms with Gasteiger partial charge in [0.2, 0.25) is 5.88 Å². The smallest absolute Gasteiger partial charge is 0.224 e. The summed E-state index contributed by atoms with van der Waals surface area (Å²) in [6, 6.07) is 2.90. The first-order valence-electron chi connectivity index (χ1n) is 10.9. The molecule has 1 heterocycles. The van der Waals surface area contributed by atoms with E-state index >= 15 is 0 Å². The molecular formula is C23H33N3O2. The van der Waals surface area contributed by atoms with Gasteiger partial charge >= 0.3 is 0 Å². The van der Waals surface area contributed by atoms with Gasteiger partial charge in [0.25, 0.3) is 0 Å². The number of ketones is 1. The van der Waals surface area contributed by atoms with Crippen molar-refractivity contribution in [2.24, 2.45) is 0 Å². The molecule has 1 atom stereocenters. The minimum absolute atomic E-state index is 0.237. The van der Waals surface area contributed by atoms with Crippen molar-refractivity contribution in [3.05, 3.63) is 23.5 Å². The van der Waals surface area contributed by atoms with Gasteiger partial charge in [-0.25, -0.2) is 4.98 Å². The van der Waals surface area contributed by atoms with E-state index in [0.29, 0.717) is 30.6 Å². The fourth-order valence-corrected chi connectivity index (χ4v) is 5.13. The number of carbonyl (C=O) groups excluding carboxylic acids is 1. The fraction of sp³-hybridized carbons (Fsp3) is 0.652. The molecule has 3 aliphatic carbocycles. The second kappa shape index (κ2) is 8.24. The third-order valence-corrected chi connectivity index (χ3v) is 6.64. The average Bonchev–Trinajstić information content (AvgIpc) is 3.22. The average molecular weight is 384 g/mol. The standard InChI is InChI=1S/C23H33N3O2/c1-4-5-18(27)12-15-6-7-16-13-20-22(21(15)16)23(25-14-24-20)28-19-10-8-17(9-11-19)26(2)3/h13-15,17,19H,4-12H2,1-3H3,(H,24,25)/t15-,17?,19?/m1/s1. The molecule has 5 heteroatoms. The Morgan fingerprint density at radius 2 is 2.04 bits per heavy atom. The van der Waals surface area contributed by atoms with Gasteiger partial charge in [-0.15, -0.1) is 0 Å². The van der Waals surface area contributed by atoms with Gasteiger partial charge in [-0.3, -0.25) is 4.79 Å². The summed E-state index contributed by atoms with van der Waals surface area (Å²) in [7, 11) is 4.33.